The fourth-order valence-corrected chi connectivity index (χ4v) is 2.36. The van der Waals surface area contributed by atoms with Crippen LogP contribution < -0.4 is 0 Å². The van der Waals surface area contributed by atoms with Crippen LogP contribution in [-0.4, -0.2) is 4.98 Å². The van der Waals surface area contributed by atoms with E-state index in [1.54, 1.807) is 11.3 Å². The molecule has 0 spiro atoms. The summed E-state index contributed by atoms with van der Waals surface area (Å²) in [6.07, 6.45) is 0. The Kier molecular flexibility index (Phi) is 2.57. The van der Waals surface area contributed by atoms with Gasteiger partial charge in [0.15, 0.2) is 0 Å². The zero-order valence-corrected chi connectivity index (χ0v) is 9.32. The van der Waals surface area contributed by atoms with Gasteiger partial charge in [-0.3, -0.25) is 0 Å². The Bertz CT molecular complexity index is 443. The van der Waals surface area contributed by atoms with Crippen LogP contribution in [0.5, 0.6) is 0 Å². The third-order valence-electron chi connectivity index (χ3n) is 2.00. The molecule has 0 saturated carbocycles. The van der Waals surface area contributed by atoms with Gasteiger partial charge in [-0.2, -0.15) is 0 Å². The molecule has 1 heterocycles. The lowest BCUT2D eigenvalue weighted by Crippen LogP contribution is -1.78. The zero-order chi connectivity index (χ0) is 10.1. The van der Waals surface area contributed by atoms with Gasteiger partial charge >= 0.3 is 0 Å². The highest BCUT2D eigenvalue weighted by Gasteiger charge is 2.08. The molecule has 0 amide bonds. The Hall–Kier alpha value is -0.860. The van der Waals surface area contributed by atoms with E-state index in [0.29, 0.717) is 0 Å². The number of nitrogens with zero attached hydrogens (tertiary/aromatic N) is 1. The number of benzene rings is 1. The van der Waals surface area contributed by atoms with Crippen LogP contribution in [0.3, 0.4) is 0 Å². The molecule has 3 heteroatoms. The number of hydrogen-bond acceptors (Lipinski definition) is 2. The maximum atomic E-state index is 6.07. The van der Waals surface area contributed by atoms with Crippen molar-refractivity contribution in [1.29, 1.82) is 0 Å². The molecule has 1 aromatic heterocycles. The summed E-state index contributed by atoms with van der Waals surface area (Å²) in [5.41, 5.74) is 1.82. The summed E-state index contributed by atoms with van der Waals surface area (Å²) >= 11 is 7.69. The first kappa shape index (κ1) is 9.69. The normalized spacial score (nSPS) is 10.5. The maximum absolute atomic E-state index is 6.07. The molecular weight excluding hydrogens is 214 g/mol. The Morgan fingerprint density at radius 3 is 2.64 bits per heavy atom. The minimum atomic E-state index is 0.737. The Morgan fingerprint density at radius 2 is 2.07 bits per heavy atom. The van der Waals surface area contributed by atoms with E-state index in [4.69, 9.17) is 11.6 Å². The van der Waals surface area contributed by atoms with Gasteiger partial charge in [0.25, 0.3) is 0 Å². The van der Waals surface area contributed by atoms with Crippen LogP contribution in [0.25, 0.3) is 10.6 Å². The second-order valence-corrected chi connectivity index (χ2v) is 4.61. The number of hydrogen-bond donors (Lipinski definition) is 0. The molecule has 2 aromatic rings. The molecule has 1 aromatic carbocycles. The summed E-state index contributed by atoms with van der Waals surface area (Å²) < 4.78 is 0. The van der Waals surface area contributed by atoms with Crippen molar-refractivity contribution in [3.05, 3.63) is 46.8 Å². The first-order valence-corrected chi connectivity index (χ1v) is 5.42. The Morgan fingerprint density at radius 1 is 1.36 bits per heavy atom. The van der Waals surface area contributed by atoms with Crippen LogP contribution in [0.15, 0.2) is 24.3 Å². The summed E-state index contributed by atoms with van der Waals surface area (Å²) in [5, 5.41) is 1.68. The van der Waals surface area contributed by atoms with Crippen molar-refractivity contribution in [2.24, 2.45) is 0 Å². The van der Waals surface area contributed by atoms with Gasteiger partial charge in [0.05, 0.1) is 10.7 Å². The summed E-state index contributed by atoms with van der Waals surface area (Å²) in [5.74, 6) is 0. The van der Waals surface area contributed by atoms with Crippen LogP contribution in [-0.2, 0) is 0 Å². The van der Waals surface area contributed by atoms with Crippen LogP contribution >= 0.6 is 22.9 Å². The molecule has 0 fully saturated rings. The SMILES string of the molecule is [CH2]c1nc(-c2ccccc2Cl)sc1C. The molecular formula is C11H9ClNS. The van der Waals surface area contributed by atoms with Gasteiger partial charge < -0.3 is 0 Å². The molecule has 0 N–H and O–H groups in total. The number of thiazole rings is 1. The molecule has 1 radical (unpaired) electrons. The van der Waals surface area contributed by atoms with E-state index in [0.717, 1.165) is 26.2 Å². The van der Waals surface area contributed by atoms with Crippen LogP contribution in [0.2, 0.25) is 5.02 Å². The van der Waals surface area contributed by atoms with Crippen molar-refractivity contribution in [2.75, 3.05) is 0 Å². The van der Waals surface area contributed by atoms with Crippen molar-refractivity contribution < 1.29 is 0 Å². The van der Waals surface area contributed by atoms with E-state index >= 15 is 0 Å². The van der Waals surface area contributed by atoms with Crippen molar-refractivity contribution in [3.63, 3.8) is 0 Å². The molecule has 0 atom stereocenters. The molecule has 0 unspecified atom stereocenters. The quantitative estimate of drug-likeness (QED) is 0.712. The van der Waals surface area contributed by atoms with Crippen molar-refractivity contribution in [3.8, 4) is 10.6 Å². The highest BCUT2D eigenvalue weighted by atomic mass is 35.5. The van der Waals surface area contributed by atoms with E-state index < -0.39 is 0 Å². The lowest BCUT2D eigenvalue weighted by molar-refractivity contribution is 1.31. The van der Waals surface area contributed by atoms with Crippen LogP contribution in [0, 0.1) is 13.8 Å². The predicted octanol–water partition coefficient (Wildman–Crippen LogP) is 3.95. The van der Waals surface area contributed by atoms with Crippen LogP contribution in [0.4, 0.5) is 0 Å². The smallest absolute Gasteiger partial charge is 0.125 e. The second-order valence-electron chi connectivity index (χ2n) is 3.00. The zero-order valence-electron chi connectivity index (χ0n) is 7.75. The summed E-state index contributed by atoms with van der Waals surface area (Å²) in [6, 6.07) is 7.72. The van der Waals surface area contributed by atoms with E-state index in [2.05, 4.69) is 11.9 Å². The van der Waals surface area contributed by atoms with Crippen molar-refractivity contribution in [2.45, 2.75) is 6.92 Å². The fourth-order valence-electron chi connectivity index (χ4n) is 1.18. The topological polar surface area (TPSA) is 12.9 Å². The fraction of sp³-hybridized carbons (Fsp3) is 0.0909. The standard InChI is InChI=1S/C11H9ClNS/c1-7-8(2)14-11(13-7)9-5-3-4-6-10(9)12/h3-6H,1H2,2H3. The lowest BCUT2D eigenvalue weighted by Gasteiger charge is -1.97. The van der Waals surface area contributed by atoms with Gasteiger partial charge in [0, 0.05) is 10.4 Å². The monoisotopic (exact) mass is 222 g/mol. The summed E-state index contributed by atoms with van der Waals surface area (Å²) in [6.45, 7) is 5.87. The van der Waals surface area contributed by atoms with Gasteiger partial charge in [-0.25, -0.2) is 4.98 Å². The third kappa shape index (κ3) is 1.68. The van der Waals surface area contributed by atoms with Gasteiger partial charge in [-0.15, -0.1) is 11.3 Å². The number of aromatic nitrogens is 1. The maximum Gasteiger partial charge on any atom is 0.125 e. The first-order chi connectivity index (χ1) is 6.68. The largest absolute Gasteiger partial charge is 0.241 e. The molecule has 1 nitrogen and oxygen atoms in total. The highest BCUT2D eigenvalue weighted by Crippen LogP contribution is 2.31. The average molecular weight is 223 g/mol. The molecule has 0 aliphatic heterocycles. The van der Waals surface area contributed by atoms with Gasteiger partial charge in [0.2, 0.25) is 0 Å². The average Bonchev–Trinajstić information content (AvgIpc) is 2.48. The molecule has 0 aliphatic rings. The molecule has 0 aliphatic carbocycles. The Labute approximate surface area is 92.4 Å². The number of halogens is 1. The lowest BCUT2D eigenvalue weighted by atomic mass is 10.2. The second kappa shape index (κ2) is 3.71. The molecule has 2 rings (SSSR count). The van der Waals surface area contributed by atoms with E-state index in [-0.39, 0.29) is 0 Å². The molecule has 14 heavy (non-hydrogen) atoms. The van der Waals surface area contributed by atoms with E-state index in [1.165, 1.54) is 0 Å². The minimum Gasteiger partial charge on any atom is -0.241 e. The number of rotatable bonds is 1. The van der Waals surface area contributed by atoms with E-state index in [1.807, 2.05) is 31.2 Å². The summed E-state index contributed by atoms with van der Waals surface area (Å²) in [7, 11) is 0. The van der Waals surface area contributed by atoms with Gasteiger partial charge in [-0.1, -0.05) is 29.8 Å². The van der Waals surface area contributed by atoms with E-state index in [9.17, 15) is 0 Å². The highest BCUT2D eigenvalue weighted by molar-refractivity contribution is 7.15. The summed E-state index contributed by atoms with van der Waals surface area (Å²) in [4.78, 5) is 5.50. The van der Waals surface area contributed by atoms with Crippen LogP contribution in [0.1, 0.15) is 10.6 Å². The molecule has 0 bridgehead atoms. The van der Waals surface area contributed by atoms with Crippen molar-refractivity contribution >= 4 is 22.9 Å². The third-order valence-corrected chi connectivity index (χ3v) is 3.37. The van der Waals surface area contributed by atoms with Gasteiger partial charge in [-0.05, 0) is 19.9 Å². The first-order valence-electron chi connectivity index (χ1n) is 4.23. The minimum absolute atomic E-state index is 0.737. The Balaban J connectivity index is 2.55. The van der Waals surface area contributed by atoms with Crippen molar-refractivity contribution in [1.82, 2.24) is 4.98 Å². The predicted molar refractivity (Wildman–Crippen MR) is 61.8 cm³/mol. The molecule has 0 saturated heterocycles. The van der Waals surface area contributed by atoms with Gasteiger partial charge in [0.1, 0.15) is 5.01 Å². The molecule has 71 valence electrons. The number of aryl methyl sites for hydroxylation is 1.